The fourth-order valence-electron chi connectivity index (χ4n) is 10.1. The summed E-state index contributed by atoms with van der Waals surface area (Å²) in [5.74, 6) is -0.271. The van der Waals surface area contributed by atoms with Crippen LogP contribution in [0.15, 0.2) is 146 Å². The predicted octanol–water partition coefficient (Wildman–Crippen LogP) is 13.7. The Bertz CT molecular complexity index is 2040. The molecule has 2 fully saturated rings. The molecule has 0 aromatic rings. The van der Waals surface area contributed by atoms with E-state index in [2.05, 4.69) is 153 Å². The van der Waals surface area contributed by atoms with E-state index in [1.54, 1.807) is 6.08 Å². The summed E-state index contributed by atoms with van der Waals surface area (Å²) in [6, 6.07) is -0.956. The van der Waals surface area contributed by atoms with E-state index in [1.165, 1.54) is 57.8 Å². The SMILES string of the molecule is CC/C=C\C/C=C\C/C=C\C/C=C\C/C=C\C/C=C\C/C=C\C/C=C\C/C=C\CCCCCCCCCC(=O)NC(COC1OC(CO)C(OC2OC(CO)C(O)C(O)C2O)C(O)C1O)C(O)/C=C/CC/C=C/CC/C=C/CCCCCCCCCCC. The Kier molecular flexibility index (Phi) is 51.6. The molecular formula is C74H121NO13. The summed E-state index contributed by atoms with van der Waals surface area (Å²) in [7, 11) is 0. The minimum absolute atomic E-state index is 0.247. The molecule has 2 rings (SSSR count). The Morgan fingerprint density at radius 3 is 1.25 bits per heavy atom. The van der Waals surface area contributed by atoms with Gasteiger partial charge in [0.05, 0.1) is 32.0 Å². The first-order valence-electron chi connectivity index (χ1n) is 34.1. The number of ether oxygens (including phenoxy) is 4. The van der Waals surface area contributed by atoms with Gasteiger partial charge in [-0.15, -0.1) is 0 Å². The van der Waals surface area contributed by atoms with Crippen LogP contribution in [0.2, 0.25) is 0 Å². The topological polar surface area (TPSA) is 228 Å². The number of aliphatic hydroxyl groups is 8. The second-order valence-corrected chi connectivity index (χ2v) is 23.2. The molecule has 0 spiro atoms. The van der Waals surface area contributed by atoms with Crippen LogP contribution in [0.1, 0.15) is 219 Å². The number of aliphatic hydroxyl groups excluding tert-OH is 8. The minimum Gasteiger partial charge on any atom is -0.394 e. The molecular weight excluding hydrogens is 1110 g/mol. The van der Waals surface area contributed by atoms with Crippen molar-refractivity contribution in [1.82, 2.24) is 5.32 Å². The summed E-state index contributed by atoms with van der Waals surface area (Å²) in [5.41, 5.74) is 0. The van der Waals surface area contributed by atoms with Gasteiger partial charge in [0.15, 0.2) is 12.6 Å². The number of rotatable bonds is 53. The lowest BCUT2D eigenvalue weighted by molar-refractivity contribution is -0.359. The van der Waals surface area contributed by atoms with E-state index in [4.69, 9.17) is 18.9 Å². The van der Waals surface area contributed by atoms with Crippen LogP contribution in [-0.2, 0) is 23.7 Å². The van der Waals surface area contributed by atoms with Crippen LogP contribution in [0.3, 0.4) is 0 Å². The zero-order chi connectivity index (χ0) is 63.8. The smallest absolute Gasteiger partial charge is 0.220 e. The van der Waals surface area contributed by atoms with Gasteiger partial charge < -0.3 is 65.1 Å². The van der Waals surface area contributed by atoms with Gasteiger partial charge >= 0.3 is 0 Å². The number of hydrogen-bond donors (Lipinski definition) is 9. The zero-order valence-electron chi connectivity index (χ0n) is 54.2. The number of unbranched alkanes of at least 4 members (excludes halogenated alkanes) is 18. The fourth-order valence-corrected chi connectivity index (χ4v) is 10.1. The third-order valence-corrected chi connectivity index (χ3v) is 15.5. The molecule has 12 unspecified atom stereocenters. The van der Waals surface area contributed by atoms with Gasteiger partial charge in [-0.25, -0.2) is 0 Å². The number of allylic oxidation sites excluding steroid dienone is 23. The second-order valence-electron chi connectivity index (χ2n) is 23.2. The first-order chi connectivity index (χ1) is 43.1. The average molecular weight is 1230 g/mol. The van der Waals surface area contributed by atoms with Crippen molar-refractivity contribution >= 4 is 5.91 Å². The molecule has 500 valence electrons. The van der Waals surface area contributed by atoms with Crippen LogP contribution in [-0.4, -0.2) is 140 Å². The van der Waals surface area contributed by atoms with Crippen molar-refractivity contribution in [2.24, 2.45) is 0 Å². The van der Waals surface area contributed by atoms with Crippen molar-refractivity contribution in [3.05, 3.63) is 146 Å². The number of hydrogen-bond acceptors (Lipinski definition) is 13. The van der Waals surface area contributed by atoms with Gasteiger partial charge in [0.1, 0.15) is 48.8 Å². The zero-order valence-corrected chi connectivity index (χ0v) is 54.2. The number of carbonyl (C=O) groups excluding carboxylic acids is 1. The van der Waals surface area contributed by atoms with Crippen molar-refractivity contribution in [2.45, 2.75) is 293 Å². The maximum Gasteiger partial charge on any atom is 0.220 e. The maximum atomic E-state index is 13.3. The highest BCUT2D eigenvalue weighted by Gasteiger charge is 2.51. The Morgan fingerprint density at radius 2 is 0.795 bits per heavy atom. The van der Waals surface area contributed by atoms with Gasteiger partial charge in [-0.05, 0) is 116 Å². The van der Waals surface area contributed by atoms with Gasteiger partial charge in [0, 0.05) is 6.42 Å². The van der Waals surface area contributed by atoms with Crippen LogP contribution in [0, 0.1) is 0 Å². The van der Waals surface area contributed by atoms with Crippen LogP contribution < -0.4 is 5.32 Å². The van der Waals surface area contributed by atoms with Crippen molar-refractivity contribution in [1.29, 1.82) is 0 Å². The van der Waals surface area contributed by atoms with Crippen molar-refractivity contribution < 1.29 is 64.6 Å². The highest BCUT2D eigenvalue weighted by Crippen LogP contribution is 2.30. The molecule has 0 aromatic carbocycles. The molecule has 0 aromatic heterocycles. The van der Waals surface area contributed by atoms with Crippen LogP contribution in [0.5, 0.6) is 0 Å². The van der Waals surface area contributed by atoms with E-state index in [0.717, 1.165) is 128 Å². The average Bonchev–Trinajstić information content (AvgIpc) is 1.84. The molecule has 0 radical (unpaired) electrons. The van der Waals surface area contributed by atoms with Crippen LogP contribution in [0.4, 0.5) is 0 Å². The van der Waals surface area contributed by atoms with E-state index < -0.39 is 86.8 Å². The van der Waals surface area contributed by atoms with Crippen molar-refractivity contribution in [3.8, 4) is 0 Å². The van der Waals surface area contributed by atoms with E-state index in [-0.39, 0.29) is 18.9 Å². The number of amides is 1. The summed E-state index contributed by atoms with van der Waals surface area (Å²) < 4.78 is 22.8. The van der Waals surface area contributed by atoms with E-state index in [9.17, 15) is 45.6 Å². The Balaban J connectivity index is 1.71. The van der Waals surface area contributed by atoms with Crippen LogP contribution >= 0.6 is 0 Å². The van der Waals surface area contributed by atoms with E-state index >= 15 is 0 Å². The van der Waals surface area contributed by atoms with Crippen LogP contribution in [0.25, 0.3) is 0 Å². The third kappa shape index (κ3) is 40.6. The highest BCUT2D eigenvalue weighted by molar-refractivity contribution is 5.76. The van der Waals surface area contributed by atoms with Gasteiger partial charge in [-0.3, -0.25) is 4.79 Å². The molecule has 12 atom stereocenters. The van der Waals surface area contributed by atoms with Gasteiger partial charge in [0.2, 0.25) is 5.91 Å². The monoisotopic (exact) mass is 1230 g/mol. The van der Waals surface area contributed by atoms with E-state index in [0.29, 0.717) is 12.8 Å². The molecule has 14 heteroatoms. The molecule has 2 heterocycles. The molecule has 1 amide bonds. The summed E-state index contributed by atoms with van der Waals surface area (Å²) >= 11 is 0. The molecule has 0 bridgehead atoms. The summed E-state index contributed by atoms with van der Waals surface area (Å²) in [6.07, 6.45) is 68.9. The summed E-state index contributed by atoms with van der Waals surface area (Å²) in [5, 5.41) is 87.3. The molecule has 0 aliphatic carbocycles. The Hall–Kier alpha value is -4.13. The largest absolute Gasteiger partial charge is 0.394 e. The minimum atomic E-state index is -1.80. The lowest BCUT2D eigenvalue weighted by Crippen LogP contribution is -2.65. The van der Waals surface area contributed by atoms with Gasteiger partial charge in [-0.1, -0.05) is 243 Å². The molecule has 0 saturated carbocycles. The quantitative estimate of drug-likeness (QED) is 0.0204. The number of nitrogens with one attached hydrogen (secondary N) is 1. The molecule has 9 N–H and O–H groups in total. The number of carbonyl (C=O) groups is 1. The second kappa shape index (κ2) is 56.8. The van der Waals surface area contributed by atoms with Gasteiger partial charge in [-0.2, -0.15) is 0 Å². The van der Waals surface area contributed by atoms with Crippen molar-refractivity contribution in [3.63, 3.8) is 0 Å². The van der Waals surface area contributed by atoms with E-state index in [1.807, 2.05) is 6.08 Å². The lowest BCUT2D eigenvalue weighted by Gasteiger charge is -2.46. The first-order valence-corrected chi connectivity index (χ1v) is 34.1. The highest BCUT2D eigenvalue weighted by atomic mass is 16.7. The first kappa shape index (κ1) is 80.0. The molecule has 2 saturated heterocycles. The predicted molar refractivity (Wildman–Crippen MR) is 359 cm³/mol. The lowest BCUT2D eigenvalue weighted by atomic mass is 9.97. The van der Waals surface area contributed by atoms with Crippen molar-refractivity contribution in [2.75, 3.05) is 19.8 Å². The third-order valence-electron chi connectivity index (χ3n) is 15.5. The standard InChI is InChI=1S/C74H121NO13/c1-3-5-7-9-11-13-15-17-19-21-23-24-25-26-27-28-29-30-31-32-33-34-35-36-37-38-40-42-44-46-48-50-52-54-56-58-66(79)75-62(63(78)57-55-53-51-49-47-45-43-41-39-22-20-18-16-14-12-10-8-6-4-2)61-85-73-71(84)69(82)72(65(60-77)87-73)88-74-70(83)68(81)67(80)64(59-76)86-74/h5,7,11,13,17,19,23-24,26-27,29-30,32-33,35-36,38-41,47,49,55,57,62-65,67-74,76-78,80-84H,3-4,6,8-10,12,14-16,18,20-22,25,28,31,34,37,42-46,48,50-54,56,58-61H2,1-2H3,(H,75,79)/b7-5-,13-11-,19-17-,24-23-,27-26-,30-29-,33-32-,36-35-,40-38-,41-39+,49-47+,57-55+. The molecule has 2 aliphatic heterocycles. The maximum absolute atomic E-state index is 13.3. The summed E-state index contributed by atoms with van der Waals surface area (Å²) in [4.78, 5) is 13.3. The molecule has 88 heavy (non-hydrogen) atoms. The summed E-state index contributed by atoms with van der Waals surface area (Å²) in [6.45, 7) is 2.64. The Labute approximate surface area is 532 Å². The van der Waals surface area contributed by atoms with Gasteiger partial charge in [0.25, 0.3) is 0 Å². The molecule has 14 nitrogen and oxygen atoms in total. The molecule has 2 aliphatic rings. The fraction of sp³-hybridized carbons (Fsp3) is 0.662. The Morgan fingerprint density at radius 1 is 0.420 bits per heavy atom. The normalized spacial score (nSPS) is 24.1.